The van der Waals surface area contributed by atoms with E-state index in [0.29, 0.717) is 5.25 Å². The molecule has 1 aromatic carbocycles. The summed E-state index contributed by atoms with van der Waals surface area (Å²) in [7, 11) is 0. The number of rotatable bonds is 9. The summed E-state index contributed by atoms with van der Waals surface area (Å²) in [5.41, 5.74) is 0. The zero-order valence-electron chi connectivity index (χ0n) is 11.4. The van der Waals surface area contributed by atoms with E-state index in [0.717, 1.165) is 37.6 Å². The highest BCUT2D eigenvalue weighted by Crippen LogP contribution is 2.24. The van der Waals surface area contributed by atoms with Crippen LogP contribution in [-0.2, 0) is 4.74 Å². The van der Waals surface area contributed by atoms with Crippen molar-refractivity contribution in [2.45, 2.75) is 30.4 Å². The summed E-state index contributed by atoms with van der Waals surface area (Å²) >= 11 is 1.53. The van der Waals surface area contributed by atoms with Crippen LogP contribution < -0.4 is 5.32 Å². The number of hydrogen-bond donors (Lipinski definition) is 1. The van der Waals surface area contributed by atoms with Gasteiger partial charge < -0.3 is 10.1 Å². The number of hydrogen-bond acceptors (Lipinski definition) is 3. The lowest BCUT2D eigenvalue weighted by Gasteiger charge is -2.12. The quantitative estimate of drug-likeness (QED) is 0.555. The second-order valence-electron chi connectivity index (χ2n) is 4.26. The second kappa shape index (κ2) is 9.28. The largest absolute Gasteiger partial charge is 0.382 e. The van der Waals surface area contributed by atoms with Crippen molar-refractivity contribution in [1.29, 1.82) is 0 Å². The van der Waals surface area contributed by atoms with E-state index in [1.807, 2.05) is 6.92 Å². The summed E-state index contributed by atoms with van der Waals surface area (Å²) in [6.07, 6.45) is 0.983. The molecule has 0 bridgehead atoms. The normalized spacial score (nSPS) is 12.6. The first-order chi connectivity index (χ1) is 9.13. The minimum atomic E-state index is -0.800. The molecule has 108 valence electrons. The smallest absolute Gasteiger partial charge is 0.159 e. The van der Waals surface area contributed by atoms with Gasteiger partial charge in [-0.25, -0.2) is 8.78 Å². The first kappa shape index (κ1) is 16.4. The monoisotopic (exact) mass is 289 g/mol. The fraction of sp³-hybridized carbons (Fsp3) is 0.571. The molecule has 19 heavy (non-hydrogen) atoms. The van der Waals surface area contributed by atoms with Crippen LogP contribution in [0.2, 0.25) is 0 Å². The van der Waals surface area contributed by atoms with Crippen LogP contribution in [-0.4, -0.2) is 31.6 Å². The lowest BCUT2D eigenvalue weighted by molar-refractivity contribution is 0.145. The van der Waals surface area contributed by atoms with Crippen LogP contribution in [0, 0.1) is 11.6 Å². The van der Waals surface area contributed by atoms with Gasteiger partial charge in [0.2, 0.25) is 0 Å². The lowest BCUT2D eigenvalue weighted by atomic mass is 10.3. The second-order valence-corrected chi connectivity index (χ2v) is 5.77. The number of nitrogens with one attached hydrogen (secondary N) is 1. The molecular formula is C14H21F2NOS. The highest BCUT2D eigenvalue weighted by molar-refractivity contribution is 8.00. The molecule has 0 amide bonds. The van der Waals surface area contributed by atoms with Gasteiger partial charge in [0.05, 0.1) is 0 Å². The van der Waals surface area contributed by atoms with E-state index in [4.69, 9.17) is 4.74 Å². The molecule has 0 radical (unpaired) electrons. The van der Waals surface area contributed by atoms with E-state index < -0.39 is 11.6 Å². The predicted molar refractivity (Wildman–Crippen MR) is 75.7 cm³/mol. The highest BCUT2D eigenvalue weighted by Gasteiger charge is 2.07. The third-order valence-electron chi connectivity index (χ3n) is 2.51. The van der Waals surface area contributed by atoms with Crippen LogP contribution in [0.25, 0.3) is 0 Å². The van der Waals surface area contributed by atoms with Gasteiger partial charge in [0.1, 0.15) is 0 Å². The Hall–Kier alpha value is -0.650. The minimum absolute atomic E-state index is 0.303. The third-order valence-corrected chi connectivity index (χ3v) is 3.60. The molecule has 1 rings (SSSR count). The first-order valence-electron chi connectivity index (χ1n) is 6.53. The van der Waals surface area contributed by atoms with Crippen molar-refractivity contribution < 1.29 is 13.5 Å². The van der Waals surface area contributed by atoms with Gasteiger partial charge in [-0.2, -0.15) is 0 Å². The van der Waals surface area contributed by atoms with Crippen molar-refractivity contribution in [3.8, 4) is 0 Å². The molecule has 0 aliphatic rings. The summed E-state index contributed by atoms with van der Waals surface area (Å²) in [6.45, 7) is 7.30. The molecule has 1 N–H and O–H groups in total. The van der Waals surface area contributed by atoms with Crippen molar-refractivity contribution >= 4 is 11.8 Å². The maximum absolute atomic E-state index is 13.0. The van der Waals surface area contributed by atoms with Gasteiger partial charge in [0.25, 0.3) is 0 Å². The Kier molecular flexibility index (Phi) is 8.02. The summed E-state index contributed by atoms with van der Waals surface area (Å²) in [4.78, 5) is 0.752. The van der Waals surface area contributed by atoms with Crippen LogP contribution in [0.1, 0.15) is 20.3 Å². The summed E-state index contributed by atoms with van der Waals surface area (Å²) in [6, 6.07) is 4.01. The highest BCUT2D eigenvalue weighted by atomic mass is 32.2. The topological polar surface area (TPSA) is 21.3 Å². The third kappa shape index (κ3) is 6.89. The molecule has 0 fully saturated rings. The molecule has 0 spiro atoms. The summed E-state index contributed by atoms with van der Waals surface area (Å²) in [5.74, 6) is -1.59. The van der Waals surface area contributed by atoms with Gasteiger partial charge in [-0.3, -0.25) is 0 Å². The van der Waals surface area contributed by atoms with Gasteiger partial charge in [-0.05, 0) is 38.1 Å². The molecule has 0 aromatic heterocycles. The van der Waals surface area contributed by atoms with Crippen molar-refractivity contribution in [1.82, 2.24) is 5.32 Å². The van der Waals surface area contributed by atoms with E-state index in [1.165, 1.54) is 23.9 Å². The molecule has 5 heteroatoms. The van der Waals surface area contributed by atoms with Gasteiger partial charge >= 0.3 is 0 Å². The maximum Gasteiger partial charge on any atom is 0.159 e. The molecule has 2 nitrogen and oxygen atoms in total. The van der Waals surface area contributed by atoms with E-state index in [1.54, 1.807) is 6.07 Å². The van der Waals surface area contributed by atoms with E-state index in [2.05, 4.69) is 12.2 Å². The average molecular weight is 289 g/mol. The van der Waals surface area contributed by atoms with E-state index >= 15 is 0 Å². The van der Waals surface area contributed by atoms with Crippen molar-refractivity contribution in [2.75, 3.05) is 26.3 Å². The van der Waals surface area contributed by atoms with Crippen molar-refractivity contribution in [3.05, 3.63) is 29.8 Å². The van der Waals surface area contributed by atoms with Crippen LogP contribution in [0.15, 0.2) is 23.1 Å². The van der Waals surface area contributed by atoms with Crippen LogP contribution in [0.3, 0.4) is 0 Å². The van der Waals surface area contributed by atoms with Crippen molar-refractivity contribution in [2.24, 2.45) is 0 Å². The van der Waals surface area contributed by atoms with Gasteiger partial charge in [0, 0.05) is 29.9 Å². The molecular weight excluding hydrogens is 268 g/mol. The van der Waals surface area contributed by atoms with Gasteiger partial charge in [0.15, 0.2) is 11.6 Å². The molecule has 0 aliphatic carbocycles. The Morgan fingerprint density at radius 3 is 2.79 bits per heavy atom. The number of ether oxygens (including phenoxy) is 1. The first-order valence-corrected chi connectivity index (χ1v) is 7.41. The molecule has 1 atom stereocenters. The molecule has 0 aliphatic heterocycles. The Balaban J connectivity index is 2.19. The van der Waals surface area contributed by atoms with Crippen LogP contribution in [0.4, 0.5) is 8.78 Å². The molecule has 0 saturated heterocycles. The van der Waals surface area contributed by atoms with E-state index in [-0.39, 0.29) is 0 Å². The number of benzene rings is 1. The van der Waals surface area contributed by atoms with Gasteiger partial charge in [-0.15, -0.1) is 11.8 Å². The zero-order chi connectivity index (χ0) is 14.1. The minimum Gasteiger partial charge on any atom is -0.382 e. The van der Waals surface area contributed by atoms with Crippen LogP contribution >= 0.6 is 11.8 Å². The number of halogens is 2. The fourth-order valence-corrected chi connectivity index (χ4v) is 2.56. The van der Waals surface area contributed by atoms with Crippen molar-refractivity contribution in [3.63, 3.8) is 0 Å². The summed E-state index contributed by atoms with van der Waals surface area (Å²) < 4.78 is 31.1. The van der Waals surface area contributed by atoms with E-state index in [9.17, 15) is 8.78 Å². The van der Waals surface area contributed by atoms with Gasteiger partial charge in [-0.1, -0.05) is 6.92 Å². The lowest BCUT2D eigenvalue weighted by Crippen LogP contribution is -2.24. The molecule has 0 heterocycles. The average Bonchev–Trinajstić information content (AvgIpc) is 2.38. The Labute approximate surface area is 117 Å². The molecule has 0 saturated carbocycles. The Morgan fingerprint density at radius 1 is 1.32 bits per heavy atom. The number of thioether (sulfide) groups is 1. The van der Waals surface area contributed by atoms with Crippen LogP contribution in [0.5, 0.6) is 0 Å². The zero-order valence-corrected chi connectivity index (χ0v) is 12.2. The maximum atomic E-state index is 13.0. The standard InChI is InChI=1S/C14H21F2NOS/c1-3-18-8-4-7-17-10-11(2)19-12-5-6-13(15)14(16)9-12/h5-6,9,11,17H,3-4,7-8,10H2,1-2H3. The Morgan fingerprint density at radius 2 is 2.11 bits per heavy atom. The predicted octanol–water partition coefficient (Wildman–Crippen LogP) is 3.46. The summed E-state index contributed by atoms with van der Waals surface area (Å²) in [5, 5.41) is 3.62. The molecule has 1 aromatic rings. The fourth-order valence-electron chi connectivity index (χ4n) is 1.57. The SMILES string of the molecule is CCOCCCNCC(C)Sc1ccc(F)c(F)c1. The molecule has 1 unspecified atom stereocenters. The Bertz CT molecular complexity index is 376.